The van der Waals surface area contributed by atoms with E-state index in [0.717, 1.165) is 101 Å². The fourth-order valence-electron chi connectivity index (χ4n) is 16.2. The third kappa shape index (κ3) is 8.29. The predicted molar refractivity (Wildman–Crippen MR) is 409 cm³/mol. The molecule has 0 fully saturated rings. The summed E-state index contributed by atoms with van der Waals surface area (Å²) in [6.07, 6.45) is 0. The van der Waals surface area contributed by atoms with Gasteiger partial charge in [-0.1, -0.05) is 267 Å². The van der Waals surface area contributed by atoms with Gasteiger partial charge in [-0.25, -0.2) is 0 Å². The highest BCUT2D eigenvalue weighted by atomic mass is 32.1. The van der Waals surface area contributed by atoms with Crippen molar-refractivity contribution in [2.45, 2.75) is 0 Å². The summed E-state index contributed by atoms with van der Waals surface area (Å²) in [6.45, 7) is -0.239. The molecule has 4 nitrogen and oxygen atoms in total. The highest BCUT2D eigenvalue weighted by molar-refractivity contribution is 7.25. The summed E-state index contributed by atoms with van der Waals surface area (Å²) < 4.78 is 7.53. The second kappa shape index (κ2) is 21.7. The summed E-state index contributed by atoms with van der Waals surface area (Å²) in [5.74, 6) is 0. The number of rotatable bonds is 9. The van der Waals surface area contributed by atoms with E-state index in [1.807, 2.05) is 11.3 Å². The number of aromatic nitrogens is 2. The highest BCUT2D eigenvalue weighted by Crippen LogP contribution is 2.55. The number of anilines is 6. The average molecular weight is 1240 g/mol. The number of thiophene rings is 1. The number of para-hydroxylation sites is 6. The molecule has 0 N–H and O–H groups in total. The molecular weight excluding hydrogens is 1180 g/mol. The molecule has 15 aromatic carbocycles. The average Bonchev–Trinajstić information content (AvgIpc) is 0.834. The van der Waals surface area contributed by atoms with Gasteiger partial charge in [0.1, 0.15) is 0 Å². The Hall–Kier alpha value is -12.2. The summed E-state index contributed by atoms with van der Waals surface area (Å²) in [5, 5.41) is 7.44. The van der Waals surface area contributed by atoms with Gasteiger partial charge in [0, 0.05) is 98.1 Å². The van der Waals surface area contributed by atoms with Gasteiger partial charge in [0.15, 0.2) is 0 Å². The van der Waals surface area contributed by atoms with Crippen molar-refractivity contribution in [1.29, 1.82) is 0 Å². The summed E-state index contributed by atoms with van der Waals surface area (Å²) in [5.41, 5.74) is 28.6. The van der Waals surface area contributed by atoms with E-state index in [4.69, 9.17) is 0 Å². The van der Waals surface area contributed by atoms with Gasteiger partial charge in [-0.15, -0.1) is 11.3 Å². The fraction of sp³-hybridized carbons (Fsp3) is 0. The van der Waals surface area contributed by atoms with Crippen LogP contribution in [0.3, 0.4) is 0 Å². The van der Waals surface area contributed by atoms with Gasteiger partial charge in [-0.3, -0.25) is 0 Å². The van der Waals surface area contributed by atoms with Gasteiger partial charge in [-0.05, 0) is 129 Å². The quantitative estimate of drug-likeness (QED) is 0.134. The molecular formula is C90H57BN4S. The molecule has 2 aliphatic heterocycles. The molecule has 96 heavy (non-hydrogen) atoms. The van der Waals surface area contributed by atoms with E-state index in [-0.39, 0.29) is 6.71 Å². The maximum Gasteiger partial charge on any atom is 0.252 e. The molecule has 6 heteroatoms. The van der Waals surface area contributed by atoms with Gasteiger partial charge in [0.05, 0.1) is 33.4 Å². The fourth-order valence-corrected chi connectivity index (χ4v) is 17.3. The number of benzene rings is 15. The van der Waals surface area contributed by atoms with Crippen LogP contribution in [0.15, 0.2) is 346 Å². The van der Waals surface area contributed by atoms with Crippen LogP contribution in [0.25, 0.3) is 131 Å². The van der Waals surface area contributed by atoms with Crippen molar-refractivity contribution in [3.8, 4) is 67.0 Å². The van der Waals surface area contributed by atoms with Crippen LogP contribution in [0.1, 0.15) is 0 Å². The van der Waals surface area contributed by atoms with E-state index in [0.29, 0.717) is 0 Å². The third-order valence-corrected chi connectivity index (χ3v) is 21.4. The Labute approximate surface area is 560 Å². The van der Waals surface area contributed by atoms with Crippen molar-refractivity contribution < 1.29 is 0 Å². The second-order valence-corrected chi connectivity index (χ2v) is 26.5. The molecule has 3 aromatic heterocycles. The molecule has 0 atom stereocenters. The van der Waals surface area contributed by atoms with Crippen LogP contribution >= 0.6 is 11.3 Å². The van der Waals surface area contributed by atoms with Gasteiger partial charge < -0.3 is 18.9 Å². The summed E-state index contributed by atoms with van der Waals surface area (Å²) in [4.78, 5) is 5.37. The minimum atomic E-state index is -0.239. The van der Waals surface area contributed by atoms with Crippen LogP contribution in [0.4, 0.5) is 34.1 Å². The van der Waals surface area contributed by atoms with Crippen molar-refractivity contribution in [3.63, 3.8) is 0 Å². The lowest BCUT2D eigenvalue weighted by atomic mass is 9.33. The Bertz CT molecular complexity index is 5630. The van der Waals surface area contributed by atoms with Crippen molar-refractivity contribution >= 4 is 132 Å². The monoisotopic (exact) mass is 1240 g/mol. The standard InChI is InChI=1S/C90H57BN4S/c1-5-25-58(26-6-1)66-38-23-39-67(59-27-7-2-8-28-59)89(66)94-82-56-64(92-78-42-18-13-33-70(78)71-34-14-19-43-79(71)92)48-50-76(82)91-77-51-49-65(93-80-44-20-15-35-72(80)73-36-16-21-45-81(73)93)57-83(77)95(90-68(60-29-9-3-10-30-60)40-24-41-69(90)61-31-11-4-12-32-61)85-55-63(54-84(94)88(85)91)62-47-52-87-75(53-62)74-37-17-22-46-86(74)96-87/h1-57H. The van der Waals surface area contributed by atoms with Crippen LogP contribution in [0.5, 0.6) is 0 Å². The van der Waals surface area contributed by atoms with E-state index in [9.17, 15) is 0 Å². The number of fused-ring (bicyclic) bond motifs is 13. The van der Waals surface area contributed by atoms with Gasteiger partial charge in [0.25, 0.3) is 6.71 Å². The van der Waals surface area contributed by atoms with Crippen molar-refractivity contribution in [1.82, 2.24) is 9.13 Å². The first-order chi connectivity index (χ1) is 47.7. The summed E-state index contributed by atoms with van der Waals surface area (Å²) in [6, 6.07) is 130. The predicted octanol–water partition coefficient (Wildman–Crippen LogP) is 22.7. The zero-order valence-electron chi connectivity index (χ0n) is 52.2. The first-order valence-electron chi connectivity index (χ1n) is 33.1. The van der Waals surface area contributed by atoms with Crippen LogP contribution in [0.2, 0.25) is 0 Å². The minimum absolute atomic E-state index is 0.239. The Morgan fingerprint density at radius 3 is 0.990 bits per heavy atom. The van der Waals surface area contributed by atoms with E-state index in [2.05, 4.69) is 365 Å². The van der Waals surface area contributed by atoms with Crippen LogP contribution in [-0.2, 0) is 0 Å². The Balaban J connectivity index is 0.974. The van der Waals surface area contributed by atoms with E-state index < -0.39 is 0 Å². The lowest BCUT2D eigenvalue weighted by Gasteiger charge is -2.46. The van der Waals surface area contributed by atoms with Gasteiger partial charge in [-0.2, -0.15) is 0 Å². The molecule has 0 amide bonds. The molecule has 0 saturated heterocycles. The number of hydrogen-bond acceptors (Lipinski definition) is 3. The molecule has 2 aliphatic rings. The van der Waals surface area contributed by atoms with Crippen molar-refractivity contribution in [3.05, 3.63) is 346 Å². The van der Waals surface area contributed by atoms with Gasteiger partial charge in [0.2, 0.25) is 0 Å². The number of hydrogen-bond donors (Lipinski definition) is 0. The van der Waals surface area contributed by atoms with Crippen LogP contribution in [-0.4, -0.2) is 15.8 Å². The van der Waals surface area contributed by atoms with Crippen molar-refractivity contribution in [2.75, 3.05) is 9.80 Å². The lowest BCUT2D eigenvalue weighted by molar-refractivity contribution is 1.17. The van der Waals surface area contributed by atoms with E-state index in [1.165, 1.54) is 80.2 Å². The summed E-state index contributed by atoms with van der Waals surface area (Å²) in [7, 11) is 0. The normalized spacial score (nSPS) is 12.5. The second-order valence-electron chi connectivity index (χ2n) is 25.4. The highest BCUT2D eigenvalue weighted by Gasteiger charge is 2.46. The molecule has 0 saturated carbocycles. The maximum atomic E-state index is 2.69. The maximum absolute atomic E-state index is 2.69. The SMILES string of the molecule is c1ccc(-c2cccc(-c3ccccc3)c2N2c3cc(-n4c5ccccc5c5ccccc54)ccc3B3c4ccc(-n5c6ccccc6c6ccccc65)cc4N(c4c(-c5ccccc5)cccc4-c4ccccc4)c4cc(-c5ccc6sc7ccccc7c6c5)cc2c43)cc1. The molecule has 0 spiro atoms. The molecule has 0 bridgehead atoms. The first-order valence-corrected chi connectivity index (χ1v) is 33.9. The Kier molecular flexibility index (Phi) is 12.3. The van der Waals surface area contributed by atoms with E-state index >= 15 is 0 Å². The molecule has 0 unspecified atom stereocenters. The minimum Gasteiger partial charge on any atom is -0.310 e. The Morgan fingerprint density at radius 2 is 0.583 bits per heavy atom. The lowest BCUT2D eigenvalue weighted by Crippen LogP contribution is -2.61. The molecule has 18 aromatic rings. The molecule has 5 heterocycles. The van der Waals surface area contributed by atoms with Crippen LogP contribution < -0.4 is 26.2 Å². The van der Waals surface area contributed by atoms with E-state index in [1.54, 1.807) is 0 Å². The molecule has 20 rings (SSSR count). The smallest absolute Gasteiger partial charge is 0.252 e. The zero-order valence-corrected chi connectivity index (χ0v) is 53.0. The largest absolute Gasteiger partial charge is 0.310 e. The van der Waals surface area contributed by atoms with Crippen molar-refractivity contribution in [2.24, 2.45) is 0 Å². The van der Waals surface area contributed by atoms with Gasteiger partial charge >= 0.3 is 0 Å². The molecule has 0 aliphatic carbocycles. The zero-order chi connectivity index (χ0) is 63.0. The van der Waals surface area contributed by atoms with Crippen LogP contribution in [0, 0.1) is 0 Å². The molecule has 0 radical (unpaired) electrons. The third-order valence-electron chi connectivity index (χ3n) is 20.3. The number of nitrogens with zero attached hydrogens (tertiary/aromatic N) is 4. The molecule has 446 valence electrons. The topological polar surface area (TPSA) is 16.3 Å². The Morgan fingerprint density at radius 1 is 0.229 bits per heavy atom. The summed E-state index contributed by atoms with van der Waals surface area (Å²) >= 11 is 1.87. The first kappa shape index (κ1) is 54.4.